The van der Waals surface area contributed by atoms with E-state index in [4.69, 9.17) is 11.6 Å². The van der Waals surface area contributed by atoms with Crippen molar-refractivity contribution in [2.24, 2.45) is 5.92 Å². The van der Waals surface area contributed by atoms with Gasteiger partial charge in [0.05, 0.1) is 0 Å². The van der Waals surface area contributed by atoms with E-state index >= 15 is 0 Å². The first-order chi connectivity index (χ1) is 10.1. The van der Waals surface area contributed by atoms with Crippen molar-refractivity contribution >= 4 is 17.5 Å². The molecule has 7 heteroatoms. The summed E-state index contributed by atoms with van der Waals surface area (Å²) in [6, 6.07) is 2.29. The Hall–Kier alpha value is -1.69. The highest BCUT2D eigenvalue weighted by atomic mass is 35.5. The first-order valence-corrected chi connectivity index (χ1v) is 7.65. The summed E-state index contributed by atoms with van der Waals surface area (Å²) in [7, 11) is 2.03. The third-order valence-electron chi connectivity index (χ3n) is 4.14. The lowest BCUT2D eigenvalue weighted by molar-refractivity contribution is 0.339. The van der Waals surface area contributed by atoms with Gasteiger partial charge in [-0.25, -0.2) is 4.68 Å². The molecular weight excluding hydrogens is 288 g/mol. The molecule has 1 aliphatic rings. The highest BCUT2D eigenvalue weighted by Gasteiger charge is 2.24. The van der Waals surface area contributed by atoms with E-state index in [-0.39, 0.29) is 5.28 Å². The smallest absolute Gasteiger partial charge is 0.256 e. The largest absolute Gasteiger partial charge is 0.341 e. The van der Waals surface area contributed by atoms with Crippen LogP contribution in [0.25, 0.3) is 5.95 Å². The monoisotopic (exact) mass is 306 g/mol. The molecule has 1 aliphatic carbocycles. The van der Waals surface area contributed by atoms with Crippen molar-refractivity contribution < 1.29 is 0 Å². The van der Waals surface area contributed by atoms with Gasteiger partial charge in [-0.1, -0.05) is 6.92 Å². The second-order valence-electron chi connectivity index (χ2n) is 5.68. The van der Waals surface area contributed by atoms with Gasteiger partial charge in [-0.3, -0.25) is 0 Å². The molecule has 0 radical (unpaired) electrons. The van der Waals surface area contributed by atoms with E-state index < -0.39 is 0 Å². The second kappa shape index (κ2) is 5.97. The molecule has 0 N–H and O–H groups in total. The zero-order valence-corrected chi connectivity index (χ0v) is 13.0. The quantitative estimate of drug-likeness (QED) is 0.872. The first-order valence-electron chi connectivity index (χ1n) is 7.28. The van der Waals surface area contributed by atoms with Crippen LogP contribution in [-0.2, 0) is 0 Å². The van der Waals surface area contributed by atoms with Gasteiger partial charge in [-0.15, -0.1) is 0 Å². The lowest BCUT2D eigenvalue weighted by atomic mass is 9.87. The molecule has 6 nitrogen and oxygen atoms in total. The second-order valence-corrected chi connectivity index (χ2v) is 6.02. The van der Waals surface area contributed by atoms with Gasteiger partial charge in [0.2, 0.25) is 11.2 Å². The Balaban J connectivity index is 1.84. The van der Waals surface area contributed by atoms with Gasteiger partial charge in [0, 0.05) is 25.5 Å². The van der Waals surface area contributed by atoms with Crippen molar-refractivity contribution in [1.29, 1.82) is 0 Å². The number of aromatic nitrogens is 5. The number of rotatable bonds is 3. The summed E-state index contributed by atoms with van der Waals surface area (Å²) in [6.07, 6.45) is 8.30. The van der Waals surface area contributed by atoms with Crippen LogP contribution < -0.4 is 4.90 Å². The molecule has 0 aromatic carbocycles. The third kappa shape index (κ3) is 3.15. The Labute approximate surface area is 129 Å². The number of anilines is 1. The summed E-state index contributed by atoms with van der Waals surface area (Å²) < 4.78 is 1.59. The Morgan fingerprint density at radius 2 is 1.95 bits per heavy atom. The van der Waals surface area contributed by atoms with Crippen molar-refractivity contribution in [3.63, 3.8) is 0 Å². The normalized spacial score (nSPS) is 22.2. The van der Waals surface area contributed by atoms with E-state index in [1.165, 1.54) is 12.8 Å². The van der Waals surface area contributed by atoms with Crippen LogP contribution in [0.2, 0.25) is 5.28 Å². The van der Waals surface area contributed by atoms with E-state index in [0.29, 0.717) is 17.9 Å². The van der Waals surface area contributed by atoms with Crippen LogP contribution in [0, 0.1) is 5.92 Å². The van der Waals surface area contributed by atoms with Gasteiger partial charge in [0.1, 0.15) is 0 Å². The maximum atomic E-state index is 6.04. The van der Waals surface area contributed by atoms with Crippen LogP contribution in [0.3, 0.4) is 0 Å². The number of halogens is 1. The molecule has 0 spiro atoms. The third-order valence-corrected chi connectivity index (χ3v) is 4.31. The molecule has 2 aromatic heterocycles. The molecule has 1 fully saturated rings. The molecule has 0 atom stereocenters. The Bertz CT molecular complexity index is 592. The molecule has 2 aromatic rings. The molecular formula is C14H19ClN6. The molecule has 1 saturated carbocycles. The maximum absolute atomic E-state index is 6.04. The Morgan fingerprint density at radius 1 is 1.19 bits per heavy atom. The van der Waals surface area contributed by atoms with Gasteiger partial charge in [-0.2, -0.15) is 20.1 Å². The van der Waals surface area contributed by atoms with Crippen LogP contribution in [0.1, 0.15) is 32.6 Å². The first kappa shape index (κ1) is 14.3. The topological polar surface area (TPSA) is 59.7 Å². The van der Waals surface area contributed by atoms with E-state index in [2.05, 4.69) is 31.9 Å². The minimum Gasteiger partial charge on any atom is -0.341 e. The van der Waals surface area contributed by atoms with Crippen molar-refractivity contribution in [2.45, 2.75) is 38.6 Å². The molecule has 3 rings (SSSR count). The van der Waals surface area contributed by atoms with E-state index in [9.17, 15) is 0 Å². The highest BCUT2D eigenvalue weighted by molar-refractivity contribution is 6.28. The van der Waals surface area contributed by atoms with Crippen molar-refractivity contribution in [1.82, 2.24) is 24.7 Å². The average Bonchev–Trinajstić information content (AvgIpc) is 3.01. The molecule has 21 heavy (non-hydrogen) atoms. The molecule has 0 unspecified atom stereocenters. The van der Waals surface area contributed by atoms with Gasteiger partial charge < -0.3 is 4.90 Å². The fraction of sp³-hybridized carbons (Fsp3) is 0.571. The number of hydrogen-bond acceptors (Lipinski definition) is 5. The Morgan fingerprint density at radius 3 is 2.62 bits per heavy atom. The maximum Gasteiger partial charge on any atom is 0.256 e. The highest BCUT2D eigenvalue weighted by Crippen LogP contribution is 2.28. The predicted octanol–water partition coefficient (Wildman–Crippen LogP) is 2.73. The van der Waals surface area contributed by atoms with E-state index in [1.807, 2.05) is 13.1 Å². The van der Waals surface area contributed by atoms with Crippen LogP contribution in [0.5, 0.6) is 0 Å². The summed E-state index contributed by atoms with van der Waals surface area (Å²) in [5.74, 6) is 1.88. The zero-order chi connectivity index (χ0) is 14.8. The Kier molecular flexibility index (Phi) is 4.05. The molecule has 0 amide bonds. The van der Waals surface area contributed by atoms with Gasteiger partial charge in [-0.05, 0) is 49.3 Å². The summed E-state index contributed by atoms with van der Waals surface area (Å²) in [5.41, 5.74) is 0. The SMILES string of the molecule is CC1CCC(N(C)c2nc(Cl)nc(-n3cccn3)n2)CC1. The molecule has 2 heterocycles. The minimum atomic E-state index is 0.196. The molecule has 0 saturated heterocycles. The molecule has 0 aliphatic heterocycles. The zero-order valence-electron chi connectivity index (χ0n) is 12.3. The van der Waals surface area contributed by atoms with Crippen molar-refractivity contribution in [3.05, 3.63) is 23.7 Å². The standard InChI is InChI=1S/C14H19ClN6/c1-10-4-6-11(7-5-10)20(2)13-17-12(15)18-14(19-13)21-9-3-8-16-21/h3,8-11H,4-7H2,1-2H3. The van der Waals surface area contributed by atoms with Crippen molar-refractivity contribution in [3.8, 4) is 5.95 Å². The lowest BCUT2D eigenvalue weighted by Crippen LogP contribution is -2.36. The summed E-state index contributed by atoms with van der Waals surface area (Å²) in [6.45, 7) is 2.31. The summed E-state index contributed by atoms with van der Waals surface area (Å²) >= 11 is 6.04. The van der Waals surface area contributed by atoms with Gasteiger partial charge in [0.25, 0.3) is 5.95 Å². The van der Waals surface area contributed by atoms with Crippen LogP contribution >= 0.6 is 11.6 Å². The lowest BCUT2D eigenvalue weighted by Gasteiger charge is -2.33. The van der Waals surface area contributed by atoms with Gasteiger partial charge >= 0.3 is 0 Å². The molecule has 0 bridgehead atoms. The van der Waals surface area contributed by atoms with Crippen LogP contribution in [0.4, 0.5) is 5.95 Å². The average molecular weight is 307 g/mol. The van der Waals surface area contributed by atoms with E-state index in [1.54, 1.807) is 17.1 Å². The number of hydrogen-bond donors (Lipinski definition) is 0. The van der Waals surface area contributed by atoms with Crippen LogP contribution in [-0.4, -0.2) is 37.8 Å². The summed E-state index contributed by atoms with van der Waals surface area (Å²) in [4.78, 5) is 15.0. The van der Waals surface area contributed by atoms with E-state index in [0.717, 1.165) is 18.8 Å². The van der Waals surface area contributed by atoms with Crippen LogP contribution in [0.15, 0.2) is 18.5 Å². The molecule has 112 valence electrons. The number of nitrogens with zero attached hydrogens (tertiary/aromatic N) is 6. The fourth-order valence-corrected chi connectivity index (χ4v) is 2.92. The van der Waals surface area contributed by atoms with Gasteiger partial charge in [0.15, 0.2) is 0 Å². The minimum absolute atomic E-state index is 0.196. The van der Waals surface area contributed by atoms with Crippen molar-refractivity contribution in [2.75, 3.05) is 11.9 Å². The predicted molar refractivity (Wildman–Crippen MR) is 81.8 cm³/mol. The summed E-state index contributed by atoms with van der Waals surface area (Å²) in [5, 5.41) is 4.33. The fourth-order valence-electron chi connectivity index (χ4n) is 2.77.